The van der Waals surface area contributed by atoms with Crippen LogP contribution < -0.4 is 10.0 Å². The quantitative estimate of drug-likeness (QED) is 0.535. The molecule has 8 heteroatoms. The molecule has 2 aromatic heterocycles. The molecule has 31 heavy (non-hydrogen) atoms. The standard InChI is InChI=1S/C23H27N3O3S2/c1-15-12-16(2)18(4)23(17(15)3)31(28,29)26-10-8-22(27)25-14-19-7-9-24-20(13-19)21-6-5-11-30-21/h5-7,9,11-13,26H,8,10,14H2,1-4H3,(H,25,27). The summed E-state index contributed by atoms with van der Waals surface area (Å²) in [5.41, 5.74) is 5.14. The van der Waals surface area contributed by atoms with Crippen LogP contribution in [0.2, 0.25) is 0 Å². The number of carbonyl (C=O) groups excluding carboxylic acids is 1. The van der Waals surface area contributed by atoms with Crippen molar-refractivity contribution in [3.05, 3.63) is 69.7 Å². The smallest absolute Gasteiger partial charge is 0.241 e. The van der Waals surface area contributed by atoms with Crippen LogP contribution in [-0.2, 0) is 21.4 Å². The number of aromatic nitrogens is 1. The third-order valence-corrected chi connectivity index (χ3v) is 7.92. The average molecular weight is 458 g/mol. The van der Waals surface area contributed by atoms with Gasteiger partial charge in [-0.2, -0.15) is 0 Å². The Kier molecular flexibility index (Phi) is 7.25. The van der Waals surface area contributed by atoms with E-state index in [1.807, 2.05) is 63.4 Å². The molecule has 0 saturated heterocycles. The first-order valence-corrected chi connectivity index (χ1v) is 12.4. The topological polar surface area (TPSA) is 88.2 Å². The van der Waals surface area contributed by atoms with Crippen molar-refractivity contribution >= 4 is 27.3 Å². The Morgan fingerprint density at radius 1 is 1.06 bits per heavy atom. The van der Waals surface area contributed by atoms with Crippen molar-refractivity contribution in [2.24, 2.45) is 0 Å². The molecule has 2 heterocycles. The van der Waals surface area contributed by atoms with Crippen LogP contribution in [0.4, 0.5) is 0 Å². The first-order chi connectivity index (χ1) is 14.7. The van der Waals surface area contributed by atoms with E-state index in [2.05, 4.69) is 15.0 Å². The Morgan fingerprint density at radius 2 is 1.77 bits per heavy atom. The van der Waals surface area contributed by atoms with Gasteiger partial charge in [-0.25, -0.2) is 13.1 Å². The number of rotatable bonds is 8. The zero-order valence-electron chi connectivity index (χ0n) is 18.2. The highest BCUT2D eigenvalue weighted by Gasteiger charge is 2.22. The highest BCUT2D eigenvalue weighted by Crippen LogP contribution is 2.26. The second-order valence-corrected chi connectivity index (χ2v) is 10.2. The Morgan fingerprint density at radius 3 is 2.42 bits per heavy atom. The van der Waals surface area contributed by atoms with Gasteiger partial charge in [0.05, 0.1) is 15.5 Å². The second-order valence-electron chi connectivity index (χ2n) is 7.54. The number of benzene rings is 1. The van der Waals surface area contributed by atoms with Gasteiger partial charge in [0.25, 0.3) is 0 Å². The summed E-state index contributed by atoms with van der Waals surface area (Å²) in [6.45, 7) is 7.82. The number of nitrogens with zero attached hydrogens (tertiary/aromatic N) is 1. The number of pyridine rings is 1. The molecule has 0 atom stereocenters. The van der Waals surface area contributed by atoms with E-state index in [4.69, 9.17) is 0 Å². The number of amides is 1. The van der Waals surface area contributed by atoms with E-state index >= 15 is 0 Å². The molecular weight excluding hydrogens is 430 g/mol. The molecule has 0 radical (unpaired) electrons. The minimum Gasteiger partial charge on any atom is -0.352 e. The monoisotopic (exact) mass is 457 g/mol. The molecule has 0 fully saturated rings. The number of sulfonamides is 1. The first kappa shape index (κ1) is 23.1. The Balaban J connectivity index is 1.56. The van der Waals surface area contributed by atoms with Crippen molar-refractivity contribution in [1.29, 1.82) is 0 Å². The average Bonchev–Trinajstić information content (AvgIpc) is 3.26. The fourth-order valence-electron chi connectivity index (χ4n) is 3.39. The molecule has 0 spiro atoms. The first-order valence-electron chi connectivity index (χ1n) is 10.0. The SMILES string of the molecule is Cc1cc(C)c(C)c(S(=O)(=O)NCCC(=O)NCc2ccnc(-c3cccs3)c2)c1C. The molecule has 164 valence electrons. The van der Waals surface area contributed by atoms with E-state index in [0.717, 1.165) is 38.4 Å². The zero-order chi connectivity index (χ0) is 22.6. The highest BCUT2D eigenvalue weighted by atomic mass is 32.2. The van der Waals surface area contributed by atoms with E-state index in [1.165, 1.54) is 0 Å². The van der Waals surface area contributed by atoms with Gasteiger partial charge in [-0.05, 0) is 79.1 Å². The maximum atomic E-state index is 12.8. The predicted molar refractivity (Wildman–Crippen MR) is 125 cm³/mol. The summed E-state index contributed by atoms with van der Waals surface area (Å²) < 4.78 is 28.3. The molecule has 1 aromatic carbocycles. The molecule has 1 amide bonds. The predicted octanol–water partition coefficient (Wildman–Crippen LogP) is 4.03. The lowest BCUT2D eigenvalue weighted by molar-refractivity contribution is -0.121. The van der Waals surface area contributed by atoms with Crippen LogP contribution in [0.1, 0.15) is 34.2 Å². The molecule has 0 aliphatic carbocycles. The van der Waals surface area contributed by atoms with Crippen molar-refractivity contribution in [3.63, 3.8) is 0 Å². The van der Waals surface area contributed by atoms with Gasteiger partial charge < -0.3 is 5.32 Å². The Bertz CT molecular complexity index is 1160. The molecule has 0 aliphatic rings. The van der Waals surface area contributed by atoms with Gasteiger partial charge in [0.1, 0.15) is 0 Å². The van der Waals surface area contributed by atoms with Gasteiger partial charge in [-0.1, -0.05) is 12.1 Å². The minimum atomic E-state index is -3.70. The lowest BCUT2D eigenvalue weighted by Crippen LogP contribution is -2.31. The van der Waals surface area contributed by atoms with Crippen LogP contribution in [0.3, 0.4) is 0 Å². The maximum absolute atomic E-state index is 12.8. The molecule has 6 nitrogen and oxygen atoms in total. The Hall–Kier alpha value is -2.55. The molecule has 3 rings (SSSR count). The van der Waals surface area contributed by atoms with E-state index in [9.17, 15) is 13.2 Å². The summed E-state index contributed by atoms with van der Waals surface area (Å²) in [6, 6.07) is 9.76. The van der Waals surface area contributed by atoms with Crippen LogP contribution in [0, 0.1) is 27.7 Å². The lowest BCUT2D eigenvalue weighted by Gasteiger charge is -2.16. The molecule has 0 unspecified atom stereocenters. The highest BCUT2D eigenvalue weighted by molar-refractivity contribution is 7.89. The lowest BCUT2D eigenvalue weighted by atomic mass is 10.0. The molecule has 2 N–H and O–H groups in total. The maximum Gasteiger partial charge on any atom is 0.241 e. The van der Waals surface area contributed by atoms with Gasteiger partial charge in [0.2, 0.25) is 15.9 Å². The minimum absolute atomic E-state index is 0.0385. The van der Waals surface area contributed by atoms with Gasteiger partial charge in [-0.3, -0.25) is 9.78 Å². The number of hydrogen-bond acceptors (Lipinski definition) is 5. The van der Waals surface area contributed by atoms with Gasteiger partial charge in [0, 0.05) is 25.7 Å². The molecule has 0 aliphatic heterocycles. The molecule has 0 saturated carbocycles. The van der Waals surface area contributed by atoms with Crippen molar-refractivity contribution in [1.82, 2.24) is 15.0 Å². The largest absolute Gasteiger partial charge is 0.352 e. The summed E-state index contributed by atoms with van der Waals surface area (Å²) in [4.78, 5) is 18.0. The van der Waals surface area contributed by atoms with E-state index in [1.54, 1.807) is 17.5 Å². The summed E-state index contributed by atoms with van der Waals surface area (Å²) in [7, 11) is -3.70. The van der Waals surface area contributed by atoms with Crippen LogP contribution in [-0.4, -0.2) is 25.9 Å². The number of aryl methyl sites for hydroxylation is 2. The van der Waals surface area contributed by atoms with E-state index in [0.29, 0.717) is 11.4 Å². The Labute approximate surface area is 187 Å². The second kappa shape index (κ2) is 9.72. The fraction of sp³-hybridized carbons (Fsp3) is 0.304. The third kappa shape index (κ3) is 5.58. The zero-order valence-corrected chi connectivity index (χ0v) is 19.8. The third-order valence-electron chi connectivity index (χ3n) is 5.30. The molecule has 3 aromatic rings. The summed E-state index contributed by atoms with van der Waals surface area (Å²) in [5, 5.41) is 4.83. The van der Waals surface area contributed by atoms with Crippen molar-refractivity contribution < 1.29 is 13.2 Å². The molecule has 0 bridgehead atoms. The molecular formula is C23H27N3O3S2. The van der Waals surface area contributed by atoms with Gasteiger partial charge in [-0.15, -0.1) is 11.3 Å². The van der Waals surface area contributed by atoms with Crippen LogP contribution in [0.15, 0.2) is 46.8 Å². The number of hydrogen-bond donors (Lipinski definition) is 2. The van der Waals surface area contributed by atoms with Crippen molar-refractivity contribution in [2.45, 2.75) is 45.6 Å². The number of thiophene rings is 1. The fourth-order valence-corrected chi connectivity index (χ4v) is 5.72. The van der Waals surface area contributed by atoms with Gasteiger partial charge in [0.15, 0.2) is 0 Å². The summed E-state index contributed by atoms with van der Waals surface area (Å²) >= 11 is 1.61. The normalized spacial score (nSPS) is 11.5. The van der Waals surface area contributed by atoms with Crippen LogP contribution in [0.25, 0.3) is 10.6 Å². The van der Waals surface area contributed by atoms with Gasteiger partial charge >= 0.3 is 0 Å². The van der Waals surface area contributed by atoms with Crippen molar-refractivity contribution in [2.75, 3.05) is 6.54 Å². The van der Waals surface area contributed by atoms with E-state index in [-0.39, 0.29) is 18.9 Å². The number of nitrogens with one attached hydrogen (secondary N) is 2. The van der Waals surface area contributed by atoms with Crippen LogP contribution >= 0.6 is 11.3 Å². The summed E-state index contributed by atoms with van der Waals surface area (Å²) in [5.74, 6) is -0.217. The number of carbonyl (C=O) groups is 1. The summed E-state index contributed by atoms with van der Waals surface area (Å²) in [6.07, 6.45) is 1.78. The van der Waals surface area contributed by atoms with Crippen LogP contribution in [0.5, 0.6) is 0 Å². The van der Waals surface area contributed by atoms with Crippen molar-refractivity contribution in [3.8, 4) is 10.6 Å². The van der Waals surface area contributed by atoms with E-state index < -0.39 is 10.0 Å².